The molecule has 0 radical (unpaired) electrons. The molecule has 74 valence electrons. The lowest BCUT2D eigenvalue weighted by atomic mass is 10.2. The second-order valence-electron chi connectivity index (χ2n) is 2.61. The summed E-state index contributed by atoms with van der Waals surface area (Å²) in [5, 5.41) is 8.21. The Balaban J connectivity index is 0. The fourth-order valence-electron chi connectivity index (χ4n) is 0.703. The van der Waals surface area contributed by atoms with Gasteiger partial charge in [0.05, 0.1) is 0 Å². The van der Waals surface area contributed by atoms with E-state index in [2.05, 4.69) is 11.7 Å². The summed E-state index contributed by atoms with van der Waals surface area (Å²) < 4.78 is 4.25. The molecule has 0 amide bonds. The van der Waals surface area contributed by atoms with Crippen LogP contribution in [0.25, 0.3) is 0 Å². The van der Waals surface area contributed by atoms with Gasteiger partial charge < -0.3 is 9.84 Å². The summed E-state index contributed by atoms with van der Waals surface area (Å²) >= 11 is 0. The first kappa shape index (κ1) is 14.0. The molecule has 0 heterocycles. The minimum absolute atomic E-state index is 0.333. The Morgan fingerprint density at radius 2 is 1.75 bits per heavy atom. The molecule has 0 saturated carbocycles. The molecule has 0 rings (SSSR count). The Kier molecular flexibility index (Phi) is 15.2. The molecule has 0 saturated heterocycles. The van der Waals surface area contributed by atoms with E-state index in [9.17, 15) is 4.79 Å². The largest absolute Gasteiger partial charge is 0.481 e. The Bertz CT molecular complexity index is 91.8. The van der Waals surface area contributed by atoms with Crippen molar-refractivity contribution < 1.29 is 14.6 Å². The third-order valence-electron chi connectivity index (χ3n) is 1.24. The average Bonchev–Trinajstić information content (AvgIpc) is 1.99. The predicted octanol–water partition coefficient (Wildman–Crippen LogP) is 2.30. The van der Waals surface area contributed by atoms with Crippen molar-refractivity contribution in [2.45, 2.75) is 39.0 Å². The first-order chi connectivity index (χ1) is 5.68. The maximum Gasteiger partial charge on any atom is 0.303 e. The third-order valence-corrected chi connectivity index (χ3v) is 1.24. The van der Waals surface area contributed by atoms with Gasteiger partial charge >= 0.3 is 5.97 Å². The summed E-state index contributed by atoms with van der Waals surface area (Å²) in [7, 11) is 3.25. The molecule has 3 nitrogen and oxygen atoms in total. The molecule has 12 heavy (non-hydrogen) atoms. The second-order valence-corrected chi connectivity index (χ2v) is 2.61. The summed E-state index contributed by atoms with van der Waals surface area (Å²) in [5.74, 6) is -0.675. The van der Waals surface area contributed by atoms with Gasteiger partial charge in [0.25, 0.3) is 0 Å². The van der Waals surface area contributed by atoms with Gasteiger partial charge in [-0.05, 0) is 6.42 Å². The number of unbranched alkanes of at least 4 members (excludes halogenated alkanes) is 3. The van der Waals surface area contributed by atoms with Gasteiger partial charge in [-0.3, -0.25) is 4.79 Å². The summed E-state index contributed by atoms with van der Waals surface area (Å²) in [6.07, 6.45) is 4.55. The summed E-state index contributed by atoms with van der Waals surface area (Å²) in [6.45, 7) is 2.11. The van der Waals surface area contributed by atoms with Crippen molar-refractivity contribution in [3.05, 3.63) is 0 Å². The van der Waals surface area contributed by atoms with Crippen LogP contribution in [0.1, 0.15) is 39.0 Å². The lowest BCUT2D eigenvalue weighted by Crippen LogP contribution is -1.92. The highest BCUT2D eigenvalue weighted by atomic mass is 16.4. The lowest BCUT2D eigenvalue weighted by Gasteiger charge is -1.92. The summed E-state index contributed by atoms with van der Waals surface area (Å²) in [6, 6.07) is 0. The number of ether oxygens (including phenoxy) is 1. The Morgan fingerprint density at radius 3 is 2.08 bits per heavy atom. The lowest BCUT2D eigenvalue weighted by molar-refractivity contribution is -0.137. The Morgan fingerprint density at radius 1 is 1.25 bits per heavy atom. The Hall–Kier alpha value is -0.570. The molecule has 0 aromatic rings. The first-order valence-electron chi connectivity index (χ1n) is 4.30. The van der Waals surface area contributed by atoms with E-state index in [1.165, 1.54) is 6.42 Å². The van der Waals surface area contributed by atoms with E-state index in [1.807, 2.05) is 0 Å². The number of carboxylic acid groups (broad SMARTS) is 1. The standard InChI is InChI=1S/C7H14O2.C2H6O/c1-2-3-4-5-6-7(8)9;1-3-2/h2-6H2,1H3,(H,8,9);1-2H3. The van der Waals surface area contributed by atoms with E-state index in [4.69, 9.17) is 5.11 Å². The topological polar surface area (TPSA) is 46.5 Å². The second kappa shape index (κ2) is 13.1. The number of carboxylic acids is 1. The molecule has 0 spiro atoms. The monoisotopic (exact) mass is 176 g/mol. The maximum absolute atomic E-state index is 9.96. The molecule has 0 aliphatic rings. The van der Waals surface area contributed by atoms with Crippen LogP contribution in [-0.4, -0.2) is 25.3 Å². The smallest absolute Gasteiger partial charge is 0.303 e. The van der Waals surface area contributed by atoms with Gasteiger partial charge in [0.1, 0.15) is 0 Å². The molecule has 0 atom stereocenters. The fraction of sp³-hybridized carbons (Fsp3) is 0.889. The highest BCUT2D eigenvalue weighted by molar-refractivity contribution is 5.66. The minimum atomic E-state index is -0.675. The van der Waals surface area contributed by atoms with E-state index in [1.54, 1.807) is 14.2 Å². The van der Waals surface area contributed by atoms with E-state index < -0.39 is 5.97 Å². The molecule has 3 heteroatoms. The van der Waals surface area contributed by atoms with Crippen molar-refractivity contribution in [1.82, 2.24) is 0 Å². The zero-order valence-corrected chi connectivity index (χ0v) is 8.30. The van der Waals surface area contributed by atoms with Gasteiger partial charge in [-0.15, -0.1) is 0 Å². The molecule has 1 N–H and O–H groups in total. The summed E-state index contributed by atoms with van der Waals surface area (Å²) in [5.41, 5.74) is 0. The minimum Gasteiger partial charge on any atom is -0.481 e. The van der Waals surface area contributed by atoms with Crippen LogP contribution < -0.4 is 0 Å². The number of methoxy groups -OCH3 is 1. The van der Waals surface area contributed by atoms with Crippen LogP contribution in [0.3, 0.4) is 0 Å². The Labute approximate surface area is 74.7 Å². The van der Waals surface area contributed by atoms with Crippen molar-refractivity contribution in [2.75, 3.05) is 14.2 Å². The van der Waals surface area contributed by atoms with E-state index in [-0.39, 0.29) is 0 Å². The van der Waals surface area contributed by atoms with Gasteiger partial charge in [-0.1, -0.05) is 26.2 Å². The maximum atomic E-state index is 9.96. The number of carbonyl (C=O) groups is 1. The highest BCUT2D eigenvalue weighted by Gasteiger charge is 1.93. The number of hydrogen-bond acceptors (Lipinski definition) is 2. The SMILES string of the molecule is CCCCCCC(=O)O.COC. The molecule has 0 aromatic heterocycles. The quantitative estimate of drug-likeness (QED) is 0.654. The van der Waals surface area contributed by atoms with Gasteiger partial charge in [-0.25, -0.2) is 0 Å². The summed E-state index contributed by atoms with van der Waals surface area (Å²) in [4.78, 5) is 9.96. The van der Waals surface area contributed by atoms with Gasteiger partial charge in [0, 0.05) is 20.6 Å². The zero-order chi connectivity index (χ0) is 9.82. The van der Waals surface area contributed by atoms with Crippen LogP contribution in [0.5, 0.6) is 0 Å². The van der Waals surface area contributed by atoms with Crippen molar-refractivity contribution in [1.29, 1.82) is 0 Å². The van der Waals surface area contributed by atoms with Gasteiger partial charge in [-0.2, -0.15) is 0 Å². The van der Waals surface area contributed by atoms with Crippen LogP contribution in [0.4, 0.5) is 0 Å². The van der Waals surface area contributed by atoms with Crippen molar-refractivity contribution in [3.8, 4) is 0 Å². The highest BCUT2D eigenvalue weighted by Crippen LogP contribution is 2.01. The normalized spacial score (nSPS) is 8.58. The molecular weight excluding hydrogens is 156 g/mol. The number of aliphatic carboxylic acids is 1. The molecule has 0 unspecified atom stereocenters. The molecule has 0 bridgehead atoms. The molecule has 0 fully saturated rings. The molecule has 0 aliphatic heterocycles. The zero-order valence-electron chi connectivity index (χ0n) is 8.30. The van der Waals surface area contributed by atoms with Crippen LogP contribution in [-0.2, 0) is 9.53 Å². The molecule has 0 aliphatic carbocycles. The van der Waals surface area contributed by atoms with Crippen LogP contribution in [0.2, 0.25) is 0 Å². The van der Waals surface area contributed by atoms with Crippen LogP contribution in [0, 0.1) is 0 Å². The number of hydrogen-bond donors (Lipinski definition) is 1. The fourth-order valence-corrected chi connectivity index (χ4v) is 0.703. The molecular formula is C9H20O3. The third kappa shape index (κ3) is 22.7. The van der Waals surface area contributed by atoms with E-state index >= 15 is 0 Å². The van der Waals surface area contributed by atoms with E-state index in [0.29, 0.717) is 6.42 Å². The van der Waals surface area contributed by atoms with E-state index in [0.717, 1.165) is 19.3 Å². The van der Waals surface area contributed by atoms with Crippen molar-refractivity contribution in [3.63, 3.8) is 0 Å². The van der Waals surface area contributed by atoms with Crippen molar-refractivity contribution >= 4 is 5.97 Å². The van der Waals surface area contributed by atoms with Crippen LogP contribution >= 0.6 is 0 Å². The predicted molar refractivity (Wildman–Crippen MR) is 49.3 cm³/mol. The van der Waals surface area contributed by atoms with Gasteiger partial charge in [0.2, 0.25) is 0 Å². The van der Waals surface area contributed by atoms with Gasteiger partial charge in [0.15, 0.2) is 0 Å². The number of rotatable bonds is 5. The van der Waals surface area contributed by atoms with Crippen molar-refractivity contribution in [2.24, 2.45) is 0 Å². The molecule has 0 aromatic carbocycles. The average molecular weight is 176 g/mol. The first-order valence-corrected chi connectivity index (χ1v) is 4.30. The van der Waals surface area contributed by atoms with Crippen LogP contribution in [0.15, 0.2) is 0 Å².